The van der Waals surface area contributed by atoms with Gasteiger partial charge < -0.3 is 15.4 Å². The Morgan fingerprint density at radius 1 is 1.15 bits per heavy atom. The van der Waals surface area contributed by atoms with Gasteiger partial charge in [0.1, 0.15) is 0 Å². The molecule has 1 rings (SSSR count). The number of nitrogens with one attached hydrogen (secondary N) is 2. The molecule has 0 saturated carbocycles. The summed E-state index contributed by atoms with van der Waals surface area (Å²) in [5, 5.41) is 5.41. The molecule has 5 heteroatoms. The topological polar surface area (TPSA) is 67.4 Å². The molecule has 0 bridgehead atoms. The van der Waals surface area contributed by atoms with Crippen LogP contribution in [0.15, 0.2) is 24.3 Å². The monoisotopic (exact) mass is 278 g/mol. The van der Waals surface area contributed by atoms with Gasteiger partial charge in [0.05, 0.1) is 11.7 Å². The fourth-order valence-corrected chi connectivity index (χ4v) is 1.45. The van der Waals surface area contributed by atoms with E-state index in [2.05, 4.69) is 10.6 Å². The second-order valence-electron chi connectivity index (χ2n) is 4.95. The molecule has 0 aliphatic heterocycles. The minimum absolute atomic E-state index is 0.0692. The van der Waals surface area contributed by atoms with Crippen molar-refractivity contribution in [3.63, 3.8) is 0 Å². The Morgan fingerprint density at radius 2 is 1.75 bits per heavy atom. The minimum atomic E-state index is -0.350. The molecule has 20 heavy (non-hydrogen) atoms. The van der Waals surface area contributed by atoms with Crippen molar-refractivity contribution >= 4 is 17.7 Å². The highest BCUT2D eigenvalue weighted by Gasteiger charge is 2.11. The van der Waals surface area contributed by atoms with Crippen LogP contribution in [0.1, 0.15) is 44.5 Å². The van der Waals surface area contributed by atoms with Crippen molar-refractivity contribution < 1.29 is 14.3 Å². The van der Waals surface area contributed by atoms with Crippen molar-refractivity contribution in [2.45, 2.75) is 46.3 Å². The maximum absolute atomic E-state index is 11.8. The van der Waals surface area contributed by atoms with E-state index in [1.54, 1.807) is 24.3 Å². The molecule has 110 valence electrons. The normalized spacial score (nSPS) is 11.8. The summed E-state index contributed by atoms with van der Waals surface area (Å²) in [7, 11) is 0. The molecule has 1 aromatic rings. The van der Waals surface area contributed by atoms with Crippen molar-refractivity contribution in [3.8, 4) is 0 Å². The fourth-order valence-electron chi connectivity index (χ4n) is 1.45. The van der Waals surface area contributed by atoms with Gasteiger partial charge in [-0.2, -0.15) is 0 Å². The second kappa shape index (κ2) is 7.53. The van der Waals surface area contributed by atoms with Gasteiger partial charge in [0.15, 0.2) is 0 Å². The van der Waals surface area contributed by atoms with Gasteiger partial charge in [0.2, 0.25) is 0 Å². The largest absolute Gasteiger partial charge is 0.459 e. The smallest absolute Gasteiger partial charge is 0.338 e. The minimum Gasteiger partial charge on any atom is -0.459 e. The average molecular weight is 278 g/mol. The molecule has 0 aliphatic rings. The van der Waals surface area contributed by atoms with Crippen LogP contribution in [0.5, 0.6) is 0 Å². The Hall–Kier alpha value is -2.04. The zero-order valence-corrected chi connectivity index (χ0v) is 12.4. The average Bonchev–Trinajstić information content (AvgIpc) is 2.38. The predicted octanol–water partition coefficient (Wildman–Crippen LogP) is 3.17. The van der Waals surface area contributed by atoms with E-state index in [-0.39, 0.29) is 24.1 Å². The van der Waals surface area contributed by atoms with Crippen LogP contribution in [0.2, 0.25) is 0 Å². The number of carbonyl (C=O) groups excluding carboxylic acids is 2. The molecule has 0 spiro atoms. The Kier molecular flexibility index (Phi) is 6.03. The highest BCUT2D eigenvalue weighted by Crippen LogP contribution is 2.12. The first-order chi connectivity index (χ1) is 9.42. The van der Waals surface area contributed by atoms with E-state index in [1.165, 1.54) is 0 Å². The molecule has 0 heterocycles. The fraction of sp³-hybridized carbons (Fsp3) is 0.467. The summed E-state index contributed by atoms with van der Waals surface area (Å²) >= 11 is 0. The highest BCUT2D eigenvalue weighted by atomic mass is 16.5. The van der Waals surface area contributed by atoms with Crippen molar-refractivity contribution in [1.82, 2.24) is 5.32 Å². The third-order valence-electron chi connectivity index (χ3n) is 2.68. The van der Waals surface area contributed by atoms with Gasteiger partial charge in [0, 0.05) is 11.7 Å². The van der Waals surface area contributed by atoms with E-state index in [1.807, 2.05) is 27.7 Å². The number of anilines is 1. The van der Waals surface area contributed by atoms with Crippen LogP contribution in [0.4, 0.5) is 10.5 Å². The van der Waals surface area contributed by atoms with Crippen LogP contribution in [0.3, 0.4) is 0 Å². The van der Waals surface area contributed by atoms with Gasteiger partial charge in [-0.05, 0) is 51.5 Å². The van der Waals surface area contributed by atoms with Crippen LogP contribution in [0.25, 0.3) is 0 Å². The highest BCUT2D eigenvalue weighted by molar-refractivity contribution is 5.92. The molecule has 1 atom stereocenters. The number of hydrogen-bond acceptors (Lipinski definition) is 3. The van der Waals surface area contributed by atoms with Crippen molar-refractivity contribution in [2.75, 3.05) is 5.32 Å². The van der Waals surface area contributed by atoms with Gasteiger partial charge >= 0.3 is 12.0 Å². The van der Waals surface area contributed by atoms with Gasteiger partial charge in [0.25, 0.3) is 0 Å². The van der Waals surface area contributed by atoms with Crippen molar-refractivity contribution in [3.05, 3.63) is 29.8 Å². The molecule has 0 radical (unpaired) electrons. The molecule has 0 aliphatic carbocycles. The predicted molar refractivity (Wildman–Crippen MR) is 78.9 cm³/mol. The zero-order valence-electron chi connectivity index (χ0n) is 12.4. The number of amides is 2. The lowest BCUT2D eigenvalue weighted by Gasteiger charge is -2.12. The Bertz CT molecular complexity index is 455. The molecule has 0 fully saturated rings. The van der Waals surface area contributed by atoms with Crippen LogP contribution in [-0.4, -0.2) is 24.1 Å². The van der Waals surface area contributed by atoms with E-state index < -0.39 is 0 Å². The van der Waals surface area contributed by atoms with Gasteiger partial charge in [-0.1, -0.05) is 6.92 Å². The summed E-state index contributed by atoms with van der Waals surface area (Å²) in [6.45, 7) is 7.57. The van der Waals surface area contributed by atoms with E-state index in [0.29, 0.717) is 11.3 Å². The zero-order chi connectivity index (χ0) is 15.1. The van der Waals surface area contributed by atoms with Crippen molar-refractivity contribution in [2.24, 2.45) is 0 Å². The van der Waals surface area contributed by atoms with Gasteiger partial charge in [-0.25, -0.2) is 9.59 Å². The SMILES string of the molecule is CCC(C)OC(=O)c1ccc(NC(=O)NC(C)C)cc1. The maximum atomic E-state index is 11.8. The first-order valence-electron chi connectivity index (χ1n) is 6.81. The molecular formula is C15H22N2O3. The number of carbonyl (C=O) groups is 2. The quantitative estimate of drug-likeness (QED) is 0.813. The number of rotatable bonds is 5. The summed E-state index contributed by atoms with van der Waals surface area (Å²) in [4.78, 5) is 23.3. The summed E-state index contributed by atoms with van der Waals surface area (Å²) in [5.41, 5.74) is 1.10. The van der Waals surface area contributed by atoms with Crippen LogP contribution < -0.4 is 10.6 Å². The number of urea groups is 1. The first-order valence-corrected chi connectivity index (χ1v) is 6.81. The lowest BCUT2D eigenvalue weighted by atomic mass is 10.2. The summed E-state index contributed by atoms with van der Waals surface area (Å²) in [6.07, 6.45) is 0.679. The standard InChI is InChI=1S/C15H22N2O3/c1-5-11(4)20-14(18)12-6-8-13(9-7-12)17-15(19)16-10(2)3/h6-11H,5H2,1-4H3,(H2,16,17,19). The second-order valence-corrected chi connectivity index (χ2v) is 4.95. The van der Waals surface area contributed by atoms with Crippen molar-refractivity contribution in [1.29, 1.82) is 0 Å². The summed E-state index contributed by atoms with van der Waals surface area (Å²) in [6, 6.07) is 6.42. The third-order valence-corrected chi connectivity index (χ3v) is 2.68. The lowest BCUT2D eigenvalue weighted by molar-refractivity contribution is 0.0334. The number of benzene rings is 1. The molecule has 1 aromatic carbocycles. The van der Waals surface area contributed by atoms with Gasteiger partial charge in [-0.3, -0.25) is 0 Å². The summed E-state index contributed by atoms with van der Waals surface area (Å²) in [5.74, 6) is -0.350. The number of esters is 1. The molecule has 0 saturated heterocycles. The molecule has 0 aromatic heterocycles. The van der Waals surface area contributed by atoms with Crippen LogP contribution >= 0.6 is 0 Å². The first kappa shape index (κ1) is 16.0. The van der Waals surface area contributed by atoms with Crippen LogP contribution in [0, 0.1) is 0 Å². The molecular weight excluding hydrogens is 256 g/mol. The Morgan fingerprint density at radius 3 is 2.25 bits per heavy atom. The number of ether oxygens (including phenoxy) is 1. The van der Waals surface area contributed by atoms with E-state index in [4.69, 9.17) is 4.74 Å². The molecule has 2 N–H and O–H groups in total. The van der Waals surface area contributed by atoms with Crippen LogP contribution in [-0.2, 0) is 4.74 Å². The van der Waals surface area contributed by atoms with Gasteiger partial charge in [-0.15, -0.1) is 0 Å². The molecule has 5 nitrogen and oxygen atoms in total. The van der Waals surface area contributed by atoms with E-state index in [9.17, 15) is 9.59 Å². The van der Waals surface area contributed by atoms with E-state index >= 15 is 0 Å². The third kappa shape index (κ3) is 5.30. The number of hydrogen-bond donors (Lipinski definition) is 2. The maximum Gasteiger partial charge on any atom is 0.338 e. The molecule has 1 unspecified atom stereocenters. The molecule has 2 amide bonds. The van der Waals surface area contributed by atoms with E-state index in [0.717, 1.165) is 6.42 Å². The summed E-state index contributed by atoms with van der Waals surface area (Å²) < 4.78 is 5.22. The Balaban J connectivity index is 2.60. The Labute approximate surface area is 119 Å². The lowest BCUT2D eigenvalue weighted by Crippen LogP contribution is -2.34.